The first-order valence-corrected chi connectivity index (χ1v) is 8.81. The number of pyridine rings is 2. The summed E-state index contributed by atoms with van der Waals surface area (Å²) in [4.78, 5) is 19.8. The lowest BCUT2D eigenvalue weighted by Crippen LogP contribution is -2.12. The van der Waals surface area contributed by atoms with Crippen LogP contribution in [0.15, 0.2) is 54.9 Å². The Labute approximate surface area is 166 Å². The minimum atomic E-state index is -1.32. The van der Waals surface area contributed by atoms with Crippen LogP contribution in [-0.4, -0.2) is 23.0 Å². The third kappa shape index (κ3) is 4.66. The Morgan fingerprint density at radius 1 is 1.07 bits per heavy atom. The second-order valence-corrected chi connectivity index (χ2v) is 5.93. The van der Waals surface area contributed by atoms with Gasteiger partial charge in [-0.1, -0.05) is 13.0 Å². The van der Waals surface area contributed by atoms with Gasteiger partial charge in [0.05, 0.1) is 24.6 Å². The molecule has 0 saturated heterocycles. The minimum absolute atomic E-state index is 0.322. The maximum atomic E-state index is 14.3. The summed E-state index contributed by atoms with van der Waals surface area (Å²) < 4.78 is 44.1. The summed E-state index contributed by atoms with van der Waals surface area (Å²) in [6.07, 6.45) is 2.93. The molecule has 8 heteroatoms. The van der Waals surface area contributed by atoms with E-state index < -0.39 is 29.3 Å². The molecule has 29 heavy (non-hydrogen) atoms. The first kappa shape index (κ1) is 20.2. The Balaban J connectivity index is 1.76. The lowest BCUT2D eigenvalue weighted by atomic mass is 10.1. The molecular formula is C21H18F2N2O4. The number of hydrogen-bond acceptors (Lipinski definition) is 6. The summed E-state index contributed by atoms with van der Waals surface area (Å²) >= 11 is 0. The predicted octanol–water partition coefficient (Wildman–Crippen LogP) is 4.86. The number of hydrogen-bond donors (Lipinski definition) is 0. The summed E-state index contributed by atoms with van der Waals surface area (Å²) in [5, 5.41) is 0. The van der Waals surface area contributed by atoms with Crippen LogP contribution in [0.1, 0.15) is 35.5 Å². The molecule has 0 N–H and O–H groups in total. The predicted molar refractivity (Wildman–Crippen MR) is 99.9 cm³/mol. The van der Waals surface area contributed by atoms with E-state index >= 15 is 0 Å². The van der Waals surface area contributed by atoms with Gasteiger partial charge < -0.3 is 14.2 Å². The third-order valence-electron chi connectivity index (χ3n) is 4.04. The van der Waals surface area contributed by atoms with E-state index in [2.05, 4.69) is 14.7 Å². The SMILES string of the molecule is CC[C@@H](Oc1ccc(C(=O)OC)c(F)c1F)c1ccc(Oc2ccccn2)cn1. The summed E-state index contributed by atoms with van der Waals surface area (Å²) in [7, 11) is 1.09. The second-order valence-electron chi connectivity index (χ2n) is 5.93. The maximum absolute atomic E-state index is 14.3. The van der Waals surface area contributed by atoms with Gasteiger partial charge in [0, 0.05) is 12.3 Å². The number of methoxy groups -OCH3 is 1. The van der Waals surface area contributed by atoms with Crippen molar-refractivity contribution in [2.24, 2.45) is 0 Å². The first-order chi connectivity index (χ1) is 14.0. The molecule has 0 aliphatic carbocycles. The molecule has 3 rings (SSSR count). The number of nitrogens with zero attached hydrogens (tertiary/aromatic N) is 2. The van der Waals surface area contributed by atoms with E-state index in [9.17, 15) is 13.6 Å². The highest BCUT2D eigenvalue weighted by atomic mass is 19.2. The van der Waals surface area contributed by atoms with Crippen molar-refractivity contribution in [3.63, 3.8) is 0 Å². The molecule has 150 valence electrons. The van der Waals surface area contributed by atoms with Crippen LogP contribution in [0.25, 0.3) is 0 Å². The van der Waals surface area contributed by atoms with Crippen LogP contribution in [-0.2, 0) is 4.74 Å². The highest BCUT2D eigenvalue weighted by molar-refractivity contribution is 5.89. The zero-order valence-corrected chi connectivity index (χ0v) is 15.8. The topological polar surface area (TPSA) is 70.5 Å². The van der Waals surface area contributed by atoms with Gasteiger partial charge in [-0.25, -0.2) is 14.2 Å². The van der Waals surface area contributed by atoms with Crippen LogP contribution in [0.5, 0.6) is 17.4 Å². The fourth-order valence-electron chi connectivity index (χ4n) is 2.57. The van der Waals surface area contributed by atoms with Gasteiger partial charge in [0.15, 0.2) is 11.6 Å². The van der Waals surface area contributed by atoms with Crippen molar-refractivity contribution in [1.82, 2.24) is 9.97 Å². The number of carbonyl (C=O) groups excluding carboxylic acids is 1. The van der Waals surface area contributed by atoms with E-state index in [1.54, 1.807) is 36.5 Å². The van der Waals surface area contributed by atoms with Crippen molar-refractivity contribution in [2.45, 2.75) is 19.4 Å². The molecule has 0 fully saturated rings. The Morgan fingerprint density at radius 2 is 1.90 bits per heavy atom. The zero-order chi connectivity index (χ0) is 20.8. The quantitative estimate of drug-likeness (QED) is 0.528. The molecule has 0 bridgehead atoms. The van der Waals surface area contributed by atoms with E-state index in [1.165, 1.54) is 12.3 Å². The average molecular weight is 400 g/mol. The van der Waals surface area contributed by atoms with Crippen LogP contribution in [0, 0.1) is 11.6 Å². The molecular weight excluding hydrogens is 382 g/mol. The number of carbonyl (C=O) groups is 1. The van der Waals surface area contributed by atoms with Gasteiger partial charge >= 0.3 is 5.97 Å². The Morgan fingerprint density at radius 3 is 2.52 bits per heavy atom. The van der Waals surface area contributed by atoms with Crippen LogP contribution in [0.4, 0.5) is 8.78 Å². The smallest absolute Gasteiger partial charge is 0.340 e. The number of halogens is 2. The van der Waals surface area contributed by atoms with Crippen molar-refractivity contribution in [3.8, 4) is 17.4 Å². The van der Waals surface area contributed by atoms with Crippen LogP contribution < -0.4 is 9.47 Å². The molecule has 0 amide bonds. The Hall–Kier alpha value is -3.55. The highest BCUT2D eigenvalue weighted by Crippen LogP contribution is 2.30. The summed E-state index contributed by atoms with van der Waals surface area (Å²) in [5.41, 5.74) is 0.0114. The van der Waals surface area contributed by atoms with Crippen molar-refractivity contribution in [1.29, 1.82) is 0 Å². The summed E-state index contributed by atoms with van der Waals surface area (Å²) in [5.74, 6) is -2.98. The standard InChI is InChI=1S/C21H18F2N2O4/c1-3-16(29-17-10-8-14(21(26)27-2)19(22)20(17)23)15-9-7-13(12-25-15)28-18-6-4-5-11-24-18/h4-12,16H,3H2,1-2H3/t16-/m1/s1. The maximum Gasteiger partial charge on any atom is 0.340 e. The molecule has 2 heterocycles. The Bertz CT molecular complexity index is 982. The number of aromatic nitrogens is 2. The summed E-state index contributed by atoms with van der Waals surface area (Å²) in [6, 6.07) is 10.9. The highest BCUT2D eigenvalue weighted by Gasteiger charge is 2.22. The van der Waals surface area contributed by atoms with Gasteiger partial charge in [-0.15, -0.1) is 0 Å². The van der Waals surface area contributed by atoms with Crippen LogP contribution in [0.3, 0.4) is 0 Å². The zero-order valence-electron chi connectivity index (χ0n) is 15.8. The van der Waals surface area contributed by atoms with Crippen LogP contribution in [0.2, 0.25) is 0 Å². The van der Waals surface area contributed by atoms with Crippen molar-refractivity contribution in [3.05, 3.63) is 77.8 Å². The van der Waals surface area contributed by atoms with Gasteiger partial charge in [-0.3, -0.25) is 4.98 Å². The van der Waals surface area contributed by atoms with Gasteiger partial charge in [-0.05, 0) is 36.8 Å². The molecule has 1 atom stereocenters. The first-order valence-electron chi connectivity index (χ1n) is 8.81. The molecule has 0 unspecified atom stereocenters. The van der Waals surface area contributed by atoms with Crippen LogP contribution >= 0.6 is 0 Å². The van der Waals surface area contributed by atoms with Crippen molar-refractivity contribution >= 4 is 5.97 Å². The fraction of sp³-hybridized carbons (Fsp3) is 0.190. The lowest BCUT2D eigenvalue weighted by Gasteiger charge is -2.18. The number of rotatable bonds is 7. The second kappa shape index (κ2) is 9.09. The number of esters is 1. The molecule has 0 spiro atoms. The monoisotopic (exact) mass is 400 g/mol. The molecule has 0 saturated carbocycles. The van der Waals surface area contributed by atoms with E-state index in [0.29, 0.717) is 23.7 Å². The minimum Gasteiger partial charge on any atom is -0.481 e. The van der Waals surface area contributed by atoms with Crippen molar-refractivity contribution < 1.29 is 27.8 Å². The molecule has 0 radical (unpaired) electrons. The average Bonchev–Trinajstić information content (AvgIpc) is 2.76. The van der Waals surface area contributed by atoms with Gasteiger partial charge in [0.2, 0.25) is 11.7 Å². The third-order valence-corrected chi connectivity index (χ3v) is 4.04. The molecule has 3 aromatic rings. The van der Waals surface area contributed by atoms with Gasteiger partial charge in [-0.2, -0.15) is 4.39 Å². The molecule has 1 aromatic carbocycles. The van der Waals surface area contributed by atoms with E-state index in [1.807, 2.05) is 6.92 Å². The molecule has 0 aliphatic rings. The normalized spacial score (nSPS) is 11.6. The van der Waals surface area contributed by atoms with Gasteiger partial charge in [0.25, 0.3) is 0 Å². The van der Waals surface area contributed by atoms with E-state index in [0.717, 1.165) is 13.2 Å². The molecule has 6 nitrogen and oxygen atoms in total. The van der Waals surface area contributed by atoms with Crippen molar-refractivity contribution in [2.75, 3.05) is 7.11 Å². The largest absolute Gasteiger partial charge is 0.481 e. The summed E-state index contributed by atoms with van der Waals surface area (Å²) in [6.45, 7) is 1.82. The number of benzene rings is 1. The molecule has 2 aromatic heterocycles. The molecule has 0 aliphatic heterocycles. The number of ether oxygens (including phenoxy) is 3. The lowest BCUT2D eigenvalue weighted by molar-refractivity contribution is 0.0594. The fourth-order valence-corrected chi connectivity index (χ4v) is 2.57. The Kier molecular flexibility index (Phi) is 6.33. The van der Waals surface area contributed by atoms with E-state index in [-0.39, 0.29) is 5.75 Å². The van der Waals surface area contributed by atoms with E-state index in [4.69, 9.17) is 9.47 Å². The van der Waals surface area contributed by atoms with Gasteiger partial charge in [0.1, 0.15) is 11.9 Å².